The first-order chi connectivity index (χ1) is 20.6. The number of hydrogen-bond acceptors (Lipinski definition) is 2. The highest BCUT2D eigenvalue weighted by Crippen LogP contribution is 2.39. The summed E-state index contributed by atoms with van der Waals surface area (Å²) in [7, 11) is 0. The van der Waals surface area contributed by atoms with Crippen molar-refractivity contribution >= 4 is 32.7 Å². The van der Waals surface area contributed by atoms with E-state index in [1.54, 1.807) is 0 Å². The second kappa shape index (κ2) is 9.91. The fourth-order valence-electron chi connectivity index (χ4n) is 6.14. The van der Waals surface area contributed by atoms with Gasteiger partial charge in [0, 0.05) is 45.4 Å². The van der Waals surface area contributed by atoms with E-state index in [0.29, 0.717) is 0 Å². The van der Waals surface area contributed by atoms with E-state index in [-0.39, 0.29) is 10.8 Å². The molecule has 3 heteroatoms. The summed E-state index contributed by atoms with van der Waals surface area (Å²) in [4.78, 5) is 9.73. The predicted molar refractivity (Wildman–Crippen MR) is 182 cm³/mol. The Bertz CT molecular complexity index is 2050. The Morgan fingerprint density at radius 1 is 0.558 bits per heavy atom. The van der Waals surface area contributed by atoms with Crippen molar-refractivity contribution in [2.75, 3.05) is 0 Å². The molecule has 0 saturated heterocycles. The Balaban J connectivity index is 1.44. The minimum Gasteiger partial charge on any atom is -0.309 e. The monoisotopic (exact) mass is 559 g/mol. The fraction of sp³-hybridized carbons (Fsp3) is 0.200. The summed E-state index contributed by atoms with van der Waals surface area (Å²) in [5, 5.41) is 3.63. The van der Waals surface area contributed by atoms with Crippen LogP contribution in [0.15, 0.2) is 116 Å². The summed E-state index contributed by atoms with van der Waals surface area (Å²) in [6, 6.07) is 37.3. The smallest absolute Gasteiger partial charge is 0.0817 e. The van der Waals surface area contributed by atoms with Gasteiger partial charge < -0.3 is 4.57 Å². The molecule has 43 heavy (non-hydrogen) atoms. The highest BCUT2D eigenvalue weighted by Gasteiger charge is 2.21. The van der Waals surface area contributed by atoms with Gasteiger partial charge in [0.05, 0.1) is 22.2 Å². The van der Waals surface area contributed by atoms with Gasteiger partial charge in [0.1, 0.15) is 0 Å². The van der Waals surface area contributed by atoms with Crippen molar-refractivity contribution in [3.8, 4) is 28.1 Å². The summed E-state index contributed by atoms with van der Waals surface area (Å²) in [6.07, 6.45) is 3.79. The molecule has 0 saturated carbocycles. The number of rotatable bonds is 3. The van der Waals surface area contributed by atoms with Crippen molar-refractivity contribution in [2.24, 2.45) is 0 Å². The second-order valence-corrected chi connectivity index (χ2v) is 13.6. The van der Waals surface area contributed by atoms with E-state index in [4.69, 9.17) is 9.97 Å². The minimum absolute atomic E-state index is 0.0723. The lowest BCUT2D eigenvalue weighted by atomic mass is 9.85. The van der Waals surface area contributed by atoms with Crippen LogP contribution in [0.3, 0.4) is 0 Å². The van der Waals surface area contributed by atoms with Crippen molar-refractivity contribution in [2.45, 2.75) is 52.4 Å². The maximum atomic E-state index is 4.92. The molecule has 3 heterocycles. The molecular formula is C40H37N3. The third kappa shape index (κ3) is 4.70. The molecule has 0 aliphatic rings. The van der Waals surface area contributed by atoms with Gasteiger partial charge in [-0.2, -0.15) is 0 Å². The van der Waals surface area contributed by atoms with E-state index in [0.717, 1.165) is 39.0 Å². The van der Waals surface area contributed by atoms with Crippen LogP contribution in [-0.4, -0.2) is 14.5 Å². The number of benzene rings is 4. The topological polar surface area (TPSA) is 30.7 Å². The number of fused-ring (bicyclic) bond motifs is 4. The van der Waals surface area contributed by atoms with E-state index in [1.165, 1.54) is 32.9 Å². The Morgan fingerprint density at radius 2 is 1.16 bits per heavy atom. The van der Waals surface area contributed by atoms with E-state index >= 15 is 0 Å². The molecule has 0 fully saturated rings. The number of pyridine rings is 2. The molecule has 212 valence electrons. The zero-order chi connectivity index (χ0) is 29.9. The summed E-state index contributed by atoms with van der Waals surface area (Å²) in [6.45, 7) is 13.7. The van der Waals surface area contributed by atoms with E-state index in [2.05, 4.69) is 137 Å². The minimum atomic E-state index is 0.0723. The van der Waals surface area contributed by atoms with Gasteiger partial charge in [-0.15, -0.1) is 0 Å². The van der Waals surface area contributed by atoms with Gasteiger partial charge in [-0.05, 0) is 76.1 Å². The van der Waals surface area contributed by atoms with Crippen molar-refractivity contribution in [1.29, 1.82) is 0 Å². The van der Waals surface area contributed by atoms with Crippen molar-refractivity contribution in [3.63, 3.8) is 0 Å². The highest BCUT2D eigenvalue weighted by molar-refractivity contribution is 6.10. The fourth-order valence-corrected chi connectivity index (χ4v) is 6.14. The lowest BCUT2D eigenvalue weighted by molar-refractivity contribution is 0.590. The molecule has 0 amide bonds. The number of aromatic nitrogens is 3. The molecule has 0 aliphatic heterocycles. The largest absolute Gasteiger partial charge is 0.309 e. The van der Waals surface area contributed by atoms with Crippen LogP contribution in [-0.2, 0) is 10.8 Å². The standard InChI is InChI=1S/C40H37N3/c1-39(2,3)29-16-20-34-32(23-29)33-24-30(40(4,5)6)17-21-35(33)43(34)31-18-14-26(15-19-31)36-37(27-11-8-7-9-12-27)42-25-28-13-10-22-41-38(28)36/h7-25H,1-6H3. The van der Waals surface area contributed by atoms with Crippen LogP contribution >= 0.6 is 0 Å². The maximum absolute atomic E-state index is 4.92. The molecule has 3 nitrogen and oxygen atoms in total. The van der Waals surface area contributed by atoms with E-state index < -0.39 is 0 Å². The van der Waals surface area contributed by atoms with Gasteiger partial charge in [-0.25, -0.2) is 0 Å². The summed E-state index contributed by atoms with van der Waals surface area (Å²) >= 11 is 0. The predicted octanol–water partition coefficient (Wildman–Crippen LogP) is 10.7. The lowest BCUT2D eigenvalue weighted by Crippen LogP contribution is -2.10. The molecule has 0 radical (unpaired) electrons. The molecule has 0 spiro atoms. The molecule has 4 aromatic carbocycles. The zero-order valence-corrected chi connectivity index (χ0v) is 25.8. The third-order valence-electron chi connectivity index (χ3n) is 8.60. The molecule has 0 bridgehead atoms. The third-order valence-corrected chi connectivity index (χ3v) is 8.60. The quantitative estimate of drug-likeness (QED) is 0.216. The van der Waals surface area contributed by atoms with Crippen LogP contribution in [0.1, 0.15) is 52.7 Å². The molecule has 0 aliphatic carbocycles. The Labute approximate surface area is 253 Å². The summed E-state index contributed by atoms with van der Waals surface area (Å²) < 4.78 is 2.41. The number of nitrogens with zero attached hydrogens (tertiary/aromatic N) is 3. The van der Waals surface area contributed by atoms with Crippen LogP contribution in [0.25, 0.3) is 60.8 Å². The highest BCUT2D eigenvalue weighted by atomic mass is 15.0. The van der Waals surface area contributed by atoms with Crippen molar-refractivity contribution < 1.29 is 0 Å². The molecule has 0 N–H and O–H groups in total. The number of hydrogen-bond donors (Lipinski definition) is 0. The molecule has 0 unspecified atom stereocenters. The summed E-state index contributed by atoms with van der Waals surface area (Å²) in [5.74, 6) is 0. The van der Waals surface area contributed by atoms with E-state index in [9.17, 15) is 0 Å². The molecular weight excluding hydrogens is 522 g/mol. The van der Waals surface area contributed by atoms with Crippen LogP contribution in [0.5, 0.6) is 0 Å². The second-order valence-electron chi connectivity index (χ2n) is 13.6. The van der Waals surface area contributed by atoms with Crippen LogP contribution < -0.4 is 0 Å². The first kappa shape index (κ1) is 27.1. The molecule has 3 aromatic heterocycles. The van der Waals surface area contributed by atoms with Gasteiger partial charge in [-0.1, -0.05) is 96.1 Å². The van der Waals surface area contributed by atoms with E-state index in [1.807, 2.05) is 24.5 Å². The Hall–Kier alpha value is -4.76. The lowest BCUT2D eigenvalue weighted by Gasteiger charge is -2.19. The average molecular weight is 560 g/mol. The normalized spacial score (nSPS) is 12.4. The summed E-state index contributed by atoms with van der Waals surface area (Å²) in [5.41, 5.74) is 11.6. The Morgan fingerprint density at radius 3 is 1.74 bits per heavy atom. The molecule has 0 atom stereocenters. The van der Waals surface area contributed by atoms with Gasteiger partial charge in [-0.3, -0.25) is 9.97 Å². The maximum Gasteiger partial charge on any atom is 0.0817 e. The average Bonchev–Trinajstić information content (AvgIpc) is 3.33. The van der Waals surface area contributed by atoms with Crippen LogP contribution in [0.2, 0.25) is 0 Å². The Kier molecular flexibility index (Phi) is 6.25. The van der Waals surface area contributed by atoms with Crippen LogP contribution in [0.4, 0.5) is 0 Å². The zero-order valence-electron chi connectivity index (χ0n) is 25.8. The SMILES string of the molecule is CC(C)(C)c1ccc2c(c1)c1cc(C(C)(C)C)ccc1n2-c1ccc(-c2c(-c3ccccc3)ncc3cccnc23)cc1. The van der Waals surface area contributed by atoms with Crippen molar-refractivity contribution in [3.05, 3.63) is 127 Å². The van der Waals surface area contributed by atoms with Gasteiger partial charge in [0.2, 0.25) is 0 Å². The first-order valence-electron chi connectivity index (χ1n) is 15.1. The van der Waals surface area contributed by atoms with Gasteiger partial charge in [0.15, 0.2) is 0 Å². The van der Waals surface area contributed by atoms with Crippen LogP contribution in [0, 0.1) is 0 Å². The van der Waals surface area contributed by atoms with Gasteiger partial charge >= 0.3 is 0 Å². The first-order valence-corrected chi connectivity index (χ1v) is 15.1. The molecule has 7 aromatic rings. The molecule has 7 rings (SSSR count). The van der Waals surface area contributed by atoms with Gasteiger partial charge in [0.25, 0.3) is 0 Å². The van der Waals surface area contributed by atoms with Crippen molar-refractivity contribution in [1.82, 2.24) is 14.5 Å².